The lowest BCUT2D eigenvalue weighted by molar-refractivity contribution is -0.123. The number of amides is 2. The first-order valence-corrected chi connectivity index (χ1v) is 10.1. The molecule has 0 aliphatic rings. The molecule has 0 unspecified atom stereocenters. The lowest BCUT2D eigenvalue weighted by atomic mass is 10.2. The number of nitrogens with one attached hydrogen (secondary N) is 3. The normalized spacial score (nSPS) is 10.0. The summed E-state index contributed by atoms with van der Waals surface area (Å²) < 4.78 is 11.7. The van der Waals surface area contributed by atoms with E-state index in [0.717, 1.165) is 16.5 Å². The molecule has 2 aromatic rings. The molecule has 154 valence electrons. The summed E-state index contributed by atoms with van der Waals surface area (Å²) in [6.07, 6.45) is 0.813. The van der Waals surface area contributed by atoms with Crippen molar-refractivity contribution in [2.24, 2.45) is 0 Å². The number of rotatable bonds is 7. The number of hydrogen-bond donors (Lipinski definition) is 3. The minimum atomic E-state index is -0.458. The van der Waals surface area contributed by atoms with E-state index in [0.29, 0.717) is 23.7 Å². The topological polar surface area (TPSA) is 88.7 Å². The van der Waals surface area contributed by atoms with Gasteiger partial charge in [0.25, 0.3) is 11.8 Å². The van der Waals surface area contributed by atoms with Gasteiger partial charge in [0, 0.05) is 4.47 Å². The van der Waals surface area contributed by atoms with Crippen LogP contribution in [0.15, 0.2) is 46.9 Å². The van der Waals surface area contributed by atoms with Crippen LogP contribution in [0.25, 0.3) is 0 Å². The van der Waals surface area contributed by atoms with Gasteiger partial charge >= 0.3 is 0 Å². The van der Waals surface area contributed by atoms with Crippen molar-refractivity contribution in [2.75, 3.05) is 13.2 Å². The van der Waals surface area contributed by atoms with Gasteiger partial charge in [0.1, 0.15) is 11.5 Å². The Morgan fingerprint density at radius 1 is 1.07 bits per heavy atom. The third-order valence-corrected chi connectivity index (χ3v) is 4.28. The highest BCUT2D eigenvalue weighted by atomic mass is 79.9. The number of carbonyl (C=O) groups excluding carboxylic acids is 2. The first-order valence-electron chi connectivity index (χ1n) is 8.91. The second kappa shape index (κ2) is 11.4. The summed E-state index contributed by atoms with van der Waals surface area (Å²) >= 11 is 8.39. The molecule has 0 spiro atoms. The Kier molecular flexibility index (Phi) is 8.88. The number of aryl methyl sites for hydroxylation is 1. The predicted molar refractivity (Wildman–Crippen MR) is 118 cm³/mol. The fraction of sp³-hybridized carbons (Fsp3) is 0.250. The molecule has 0 radical (unpaired) electrons. The summed E-state index contributed by atoms with van der Waals surface area (Å²) in [7, 11) is 0. The van der Waals surface area contributed by atoms with E-state index in [1.165, 1.54) is 0 Å². The summed E-state index contributed by atoms with van der Waals surface area (Å²) in [4.78, 5) is 24.4. The molecule has 2 amide bonds. The Morgan fingerprint density at radius 2 is 1.79 bits per heavy atom. The molecule has 0 fully saturated rings. The maximum atomic E-state index is 12.5. The van der Waals surface area contributed by atoms with Crippen molar-refractivity contribution in [3.8, 4) is 11.5 Å². The van der Waals surface area contributed by atoms with E-state index in [1.807, 2.05) is 26.0 Å². The van der Waals surface area contributed by atoms with Crippen molar-refractivity contribution in [3.63, 3.8) is 0 Å². The monoisotopic (exact) mass is 479 g/mol. The van der Waals surface area contributed by atoms with Gasteiger partial charge in [-0.05, 0) is 55.9 Å². The molecule has 2 aromatic carbocycles. The first kappa shape index (κ1) is 22.6. The van der Waals surface area contributed by atoms with Crippen molar-refractivity contribution >= 4 is 45.1 Å². The predicted octanol–water partition coefficient (Wildman–Crippen LogP) is 3.26. The van der Waals surface area contributed by atoms with Crippen LogP contribution in [0.4, 0.5) is 0 Å². The Hall–Kier alpha value is -2.65. The lowest BCUT2D eigenvalue weighted by Crippen LogP contribution is -2.49. The molecule has 9 heteroatoms. The van der Waals surface area contributed by atoms with Gasteiger partial charge in [0.15, 0.2) is 11.7 Å². The van der Waals surface area contributed by atoms with Crippen LogP contribution in [0.2, 0.25) is 0 Å². The Labute approximate surface area is 183 Å². The summed E-state index contributed by atoms with van der Waals surface area (Å²) in [5, 5.41) is 2.45. The van der Waals surface area contributed by atoms with Gasteiger partial charge < -0.3 is 9.47 Å². The second-order valence-electron chi connectivity index (χ2n) is 6.05. The Morgan fingerprint density at radius 3 is 2.48 bits per heavy atom. The number of halogens is 1. The molecule has 2 rings (SSSR count). The van der Waals surface area contributed by atoms with Gasteiger partial charge in [-0.25, -0.2) is 0 Å². The molecule has 0 bridgehead atoms. The molecule has 0 saturated heterocycles. The van der Waals surface area contributed by atoms with Crippen LogP contribution in [0.5, 0.6) is 11.5 Å². The third kappa shape index (κ3) is 7.71. The van der Waals surface area contributed by atoms with Crippen molar-refractivity contribution in [1.29, 1.82) is 0 Å². The molecular formula is C20H22BrN3O4S. The van der Waals surface area contributed by atoms with Crippen LogP contribution < -0.4 is 25.6 Å². The van der Waals surface area contributed by atoms with Crippen LogP contribution in [-0.4, -0.2) is 30.1 Å². The molecular weight excluding hydrogens is 458 g/mol. The summed E-state index contributed by atoms with van der Waals surface area (Å²) in [6.45, 7) is 4.22. The van der Waals surface area contributed by atoms with Crippen LogP contribution >= 0.6 is 28.1 Å². The minimum Gasteiger partial charge on any atom is -0.493 e. The van der Waals surface area contributed by atoms with Crippen molar-refractivity contribution < 1.29 is 19.1 Å². The molecule has 7 nitrogen and oxygen atoms in total. The standard InChI is InChI=1S/C20H22BrN3O4S/c1-3-10-27-17-9-6-14(21)11-16(17)19(26)22-20(29)24-23-18(25)12-28-15-7-4-13(2)5-8-15/h4-9,11H,3,10,12H2,1-2H3,(H,23,25)(H2,22,24,26,29). The molecule has 29 heavy (non-hydrogen) atoms. The average molecular weight is 480 g/mol. The Bertz CT molecular complexity index is 875. The van der Waals surface area contributed by atoms with Gasteiger partial charge in [-0.1, -0.05) is 40.5 Å². The zero-order chi connectivity index (χ0) is 21.2. The van der Waals surface area contributed by atoms with E-state index in [1.54, 1.807) is 30.3 Å². The van der Waals surface area contributed by atoms with Gasteiger partial charge in [-0.2, -0.15) is 0 Å². The molecule has 0 aliphatic carbocycles. The second-order valence-corrected chi connectivity index (χ2v) is 7.37. The van der Waals surface area contributed by atoms with Gasteiger partial charge in [0.2, 0.25) is 0 Å². The van der Waals surface area contributed by atoms with E-state index in [4.69, 9.17) is 21.7 Å². The van der Waals surface area contributed by atoms with Crippen LogP contribution in [-0.2, 0) is 4.79 Å². The number of ether oxygens (including phenoxy) is 2. The zero-order valence-electron chi connectivity index (χ0n) is 16.1. The van der Waals surface area contributed by atoms with Crippen LogP contribution in [0.1, 0.15) is 29.3 Å². The highest BCUT2D eigenvalue weighted by Gasteiger charge is 2.15. The van der Waals surface area contributed by atoms with E-state index in [-0.39, 0.29) is 11.7 Å². The number of hydrogen-bond acceptors (Lipinski definition) is 5. The Balaban J connectivity index is 1.82. The van der Waals surface area contributed by atoms with E-state index in [9.17, 15) is 9.59 Å². The van der Waals surface area contributed by atoms with Crippen LogP contribution in [0.3, 0.4) is 0 Å². The maximum absolute atomic E-state index is 12.5. The highest BCUT2D eigenvalue weighted by Crippen LogP contribution is 2.23. The van der Waals surface area contributed by atoms with E-state index >= 15 is 0 Å². The molecule has 0 atom stereocenters. The lowest BCUT2D eigenvalue weighted by Gasteiger charge is -2.14. The minimum absolute atomic E-state index is 0.0555. The van der Waals surface area contributed by atoms with Gasteiger partial charge in [0.05, 0.1) is 12.2 Å². The third-order valence-electron chi connectivity index (χ3n) is 3.58. The molecule has 0 aromatic heterocycles. The maximum Gasteiger partial charge on any atom is 0.276 e. The van der Waals surface area contributed by atoms with Crippen molar-refractivity contribution in [3.05, 3.63) is 58.1 Å². The summed E-state index contributed by atoms with van der Waals surface area (Å²) in [6, 6.07) is 12.4. The zero-order valence-corrected chi connectivity index (χ0v) is 18.5. The van der Waals surface area contributed by atoms with E-state index in [2.05, 4.69) is 32.1 Å². The largest absolute Gasteiger partial charge is 0.493 e. The smallest absolute Gasteiger partial charge is 0.276 e. The van der Waals surface area contributed by atoms with Crippen LogP contribution in [0, 0.1) is 6.92 Å². The number of thiocarbonyl (C=S) groups is 1. The quantitative estimate of drug-likeness (QED) is 0.417. The fourth-order valence-electron chi connectivity index (χ4n) is 2.17. The fourth-order valence-corrected chi connectivity index (χ4v) is 2.67. The SMILES string of the molecule is CCCOc1ccc(Br)cc1C(=O)NC(=S)NNC(=O)COc1ccc(C)cc1. The number of benzene rings is 2. The summed E-state index contributed by atoms with van der Waals surface area (Å²) in [5.41, 5.74) is 6.26. The number of hydrazine groups is 1. The highest BCUT2D eigenvalue weighted by molar-refractivity contribution is 9.10. The van der Waals surface area contributed by atoms with Crippen molar-refractivity contribution in [1.82, 2.24) is 16.2 Å². The van der Waals surface area contributed by atoms with Gasteiger partial charge in [-0.3, -0.25) is 25.8 Å². The molecule has 0 aliphatic heterocycles. The van der Waals surface area contributed by atoms with Gasteiger partial charge in [-0.15, -0.1) is 0 Å². The first-order chi connectivity index (χ1) is 13.9. The van der Waals surface area contributed by atoms with E-state index < -0.39 is 11.8 Å². The number of carbonyl (C=O) groups is 2. The molecule has 0 heterocycles. The van der Waals surface area contributed by atoms with Crippen molar-refractivity contribution in [2.45, 2.75) is 20.3 Å². The summed E-state index contributed by atoms with van der Waals surface area (Å²) in [5.74, 6) is 0.124. The molecule has 0 saturated carbocycles. The molecule has 3 N–H and O–H groups in total. The average Bonchev–Trinajstić information content (AvgIpc) is 2.70.